The zero-order valence-electron chi connectivity index (χ0n) is 19.7. The normalized spacial score (nSPS) is 20.3. The van der Waals surface area contributed by atoms with Gasteiger partial charge in [0.15, 0.2) is 0 Å². The second kappa shape index (κ2) is 9.59. The van der Waals surface area contributed by atoms with Crippen LogP contribution in [-0.4, -0.2) is 41.2 Å². The quantitative estimate of drug-likeness (QED) is 0.459. The van der Waals surface area contributed by atoms with Crippen LogP contribution in [0.15, 0.2) is 78.2 Å². The Morgan fingerprint density at radius 1 is 1.03 bits per heavy atom. The van der Waals surface area contributed by atoms with Crippen LogP contribution in [0.4, 0.5) is 0 Å². The smallest absolute Gasteiger partial charge is 0.254 e. The van der Waals surface area contributed by atoms with Gasteiger partial charge >= 0.3 is 0 Å². The monoisotopic (exact) mass is 470 g/mol. The Labute approximate surface area is 205 Å². The van der Waals surface area contributed by atoms with Crippen molar-refractivity contribution in [1.29, 1.82) is 0 Å². The van der Waals surface area contributed by atoms with Gasteiger partial charge in [-0.2, -0.15) is 0 Å². The summed E-state index contributed by atoms with van der Waals surface area (Å²) < 4.78 is 0. The molecule has 0 unspecified atom stereocenters. The van der Waals surface area contributed by atoms with E-state index >= 15 is 0 Å². The zero-order valence-corrected chi connectivity index (χ0v) is 20.5. The van der Waals surface area contributed by atoms with Crippen molar-refractivity contribution < 1.29 is 9.59 Å². The summed E-state index contributed by atoms with van der Waals surface area (Å²) in [4.78, 5) is 32.7. The number of benzene rings is 2. The predicted octanol–water partition coefficient (Wildman–Crippen LogP) is 6.00. The van der Waals surface area contributed by atoms with E-state index in [-0.39, 0.29) is 17.9 Å². The van der Waals surface area contributed by atoms with Crippen molar-refractivity contribution in [2.45, 2.75) is 32.2 Å². The average Bonchev–Trinajstić information content (AvgIpc) is 3.40. The minimum atomic E-state index is -0.405. The Morgan fingerprint density at radius 3 is 2.47 bits per heavy atom. The summed E-state index contributed by atoms with van der Waals surface area (Å²) in [5, 5.41) is 2.03. The maximum Gasteiger partial charge on any atom is 0.254 e. The summed E-state index contributed by atoms with van der Waals surface area (Å²) in [5.74, 6) is 0.0314. The molecule has 34 heavy (non-hydrogen) atoms. The third-order valence-electron chi connectivity index (χ3n) is 6.77. The van der Waals surface area contributed by atoms with E-state index < -0.39 is 5.92 Å². The summed E-state index contributed by atoms with van der Waals surface area (Å²) in [6, 6.07) is 21.9. The van der Waals surface area contributed by atoms with Crippen LogP contribution in [0.25, 0.3) is 5.57 Å². The van der Waals surface area contributed by atoms with Crippen LogP contribution in [0.1, 0.15) is 58.6 Å². The lowest BCUT2D eigenvalue weighted by molar-refractivity contribution is -0.134. The highest BCUT2D eigenvalue weighted by Crippen LogP contribution is 2.45. The molecule has 5 heteroatoms. The molecule has 0 saturated heterocycles. The maximum absolute atomic E-state index is 14.2. The second-order valence-electron chi connectivity index (χ2n) is 9.51. The Hall–Kier alpha value is -3.18. The molecule has 0 spiro atoms. The lowest BCUT2D eigenvalue weighted by Gasteiger charge is -2.43. The van der Waals surface area contributed by atoms with Crippen molar-refractivity contribution in [1.82, 2.24) is 9.80 Å². The van der Waals surface area contributed by atoms with Crippen LogP contribution in [0.5, 0.6) is 0 Å². The van der Waals surface area contributed by atoms with Crippen molar-refractivity contribution in [3.8, 4) is 0 Å². The molecule has 2 amide bonds. The molecule has 5 rings (SSSR count). The molecule has 0 fully saturated rings. The van der Waals surface area contributed by atoms with Crippen LogP contribution in [0, 0.1) is 5.92 Å². The fraction of sp³-hybridized carbons (Fsp3) is 0.310. The fourth-order valence-corrected chi connectivity index (χ4v) is 6.08. The van der Waals surface area contributed by atoms with E-state index in [9.17, 15) is 9.59 Å². The van der Waals surface area contributed by atoms with Gasteiger partial charge in [-0.05, 0) is 46.6 Å². The molecule has 3 heterocycles. The van der Waals surface area contributed by atoms with E-state index in [0.29, 0.717) is 31.1 Å². The number of carbonyl (C=O) groups excluding carboxylic acids is 2. The number of rotatable bonds is 5. The highest BCUT2D eigenvalue weighted by molar-refractivity contribution is 7.10. The fourth-order valence-electron chi connectivity index (χ4n) is 5.21. The van der Waals surface area contributed by atoms with E-state index in [1.54, 1.807) is 11.3 Å². The summed E-state index contributed by atoms with van der Waals surface area (Å²) in [7, 11) is 0. The number of amides is 2. The first kappa shape index (κ1) is 22.6. The van der Waals surface area contributed by atoms with Gasteiger partial charge in [0.25, 0.3) is 5.91 Å². The van der Waals surface area contributed by atoms with E-state index in [4.69, 9.17) is 0 Å². The number of fused-ring (bicyclic) bond motifs is 1. The van der Waals surface area contributed by atoms with Crippen molar-refractivity contribution >= 4 is 28.7 Å². The lowest BCUT2D eigenvalue weighted by atomic mass is 9.80. The highest BCUT2D eigenvalue weighted by Gasteiger charge is 2.46. The first-order valence-electron chi connectivity index (χ1n) is 12.0. The van der Waals surface area contributed by atoms with Crippen molar-refractivity contribution in [2.24, 2.45) is 5.92 Å². The molecule has 4 nitrogen and oxygen atoms in total. The van der Waals surface area contributed by atoms with Crippen molar-refractivity contribution in [3.05, 3.63) is 99.8 Å². The van der Waals surface area contributed by atoms with Crippen molar-refractivity contribution in [2.75, 3.05) is 19.6 Å². The van der Waals surface area contributed by atoms with E-state index in [1.165, 1.54) is 11.1 Å². The highest BCUT2D eigenvalue weighted by atomic mass is 32.1. The van der Waals surface area contributed by atoms with Crippen LogP contribution in [0.2, 0.25) is 0 Å². The number of carbonyl (C=O) groups is 2. The largest absolute Gasteiger partial charge is 0.338 e. The number of hydrogen-bond donors (Lipinski definition) is 0. The summed E-state index contributed by atoms with van der Waals surface area (Å²) in [6.07, 6.45) is 3.02. The van der Waals surface area contributed by atoms with Crippen LogP contribution < -0.4 is 0 Å². The van der Waals surface area contributed by atoms with Gasteiger partial charge in [0.2, 0.25) is 5.91 Å². The van der Waals surface area contributed by atoms with Gasteiger partial charge in [-0.15, -0.1) is 11.3 Å². The van der Waals surface area contributed by atoms with Crippen LogP contribution in [0.3, 0.4) is 0 Å². The van der Waals surface area contributed by atoms with E-state index in [0.717, 1.165) is 16.9 Å². The zero-order chi connectivity index (χ0) is 23.7. The van der Waals surface area contributed by atoms with Gasteiger partial charge < -0.3 is 9.80 Å². The van der Waals surface area contributed by atoms with Gasteiger partial charge in [0.1, 0.15) is 0 Å². The summed E-state index contributed by atoms with van der Waals surface area (Å²) in [5.41, 5.74) is 4.03. The Kier molecular flexibility index (Phi) is 6.38. The molecule has 0 bridgehead atoms. The van der Waals surface area contributed by atoms with Gasteiger partial charge in [-0.1, -0.05) is 74.5 Å². The number of nitrogens with zero attached hydrogens (tertiary/aromatic N) is 2. The van der Waals surface area contributed by atoms with Crippen LogP contribution >= 0.6 is 11.3 Å². The number of thiophene rings is 1. The molecule has 0 radical (unpaired) electrons. The summed E-state index contributed by atoms with van der Waals surface area (Å²) in [6.45, 7) is 6.15. The van der Waals surface area contributed by atoms with Gasteiger partial charge in [-0.25, -0.2) is 0 Å². The molecule has 2 aliphatic rings. The molecule has 3 aromatic rings. The third kappa shape index (κ3) is 4.21. The molecule has 1 aromatic heterocycles. The topological polar surface area (TPSA) is 40.6 Å². The van der Waals surface area contributed by atoms with Gasteiger partial charge in [-0.3, -0.25) is 9.59 Å². The first-order chi connectivity index (χ1) is 16.5. The number of hydrogen-bond acceptors (Lipinski definition) is 3. The molecular weight excluding hydrogens is 440 g/mol. The summed E-state index contributed by atoms with van der Waals surface area (Å²) >= 11 is 1.63. The molecule has 2 aliphatic heterocycles. The molecule has 0 aliphatic carbocycles. The Morgan fingerprint density at radius 2 is 1.79 bits per heavy atom. The van der Waals surface area contributed by atoms with E-state index in [1.807, 2.05) is 51.6 Å². The standard InChI is InChI=1S/C29H30N2O2S/c1-20(2)19-31-27(25-13-8-18-34-25)26(23-11-6-7-12-24(23)28(31)32)29(33)30-16-14-22(15-17-30)21-9-4-3-5-10-21/h3-14,18,20,26-27H,15-17,19H2,1-2H3/t26-,27-/m0/s1. The van der Waals surface area contributed by atoms with Gasteiger partial charge in [0.05, 0.1) is 12.0 Å². The average molecular weight is 471 g/mol. The molecular formula is C29H30N2O2S. The molecule has 0 N–H and O–H groups in total. The molecule has 2 aromatic carbocycles. The van der Waals surface area contributed by atoms with Crippen LogP contribution in [-0.2, 0) is 4.79 Å². The third-order valence-corrected chi connectivity index (χ3v) is 7.71. The van der Waals surface area contributed by atoms with Crippen molar-refractivity contribution in [3.63, 3.8) is 0 Å². The minimum absolute atomic E-state index is 0.0247. The maximum atomic E-state index is 14.2. The SMILES string of the molecule is CC(C)CN1C(=O)c2ccccc2[C@H](C(=O)N2CC=C(c3ccccc3)CC2)[C@@H]1c1cccs1. The molecule has 174 valence electrons. The first-order valence-corrected chi connectivity index (χ1v) is 12.9. The molecule has 0 saturated carbocycles. The molecule has 2 atom stereocenters. The predicted molar refractivity (Wildman–Crippen MR) is 138 cm³/mol. The van der Waals surface area contributed by atoms with E-state index in [2.05, 4.69) is 50.3 Å². The Balaban J connectivity index is 1.52. The second-order valence-corrected chi connectivity index (χ2v) is 10.5. The lowest BCUT2D eigenvalue weighted by Crippen LogP contribution is -2.49. The Bertz CT molecular complexity index is 1200. The van der Waals surface area contributed by atoms with Gasteiger partial charge in [0, 0.05) is 30.1 Å². The minimum Gasteiger partial charge on any atom is -0.338 e.